The molecule has 0 aromatic heterocycles. The van der Waals surface area contributed by atoms with Crippen LogP contribution >= 0.6 is 0 Å². The molecule has 1 aromatic rings. The highest BCUT2D eigenvalue weighted by atomic mass is 16.6. The number of nitrogens with one attached hydrogen (secondary N) is 1. The molecule has 1 aliphatic carbocycles. The molecule has 2 rings (SSSR count). The zero-order valence-corrected chi connectivity index (χ0v) is 9.25. The largest absolute Gasteiger partial charge is 0.490 e. The van der Waals surface area contributed by atoms with E-state index >= 15 is 0 Å². The Morgan fingerprint density at radius 3 is 2.87 bits per heavy atom. The van der Waals surface area contributed by atoms with E-state index in [0.29, 0.717) is 12.6 Å². The minimum Gasteiger partial charge on any atom is -0.490 e. The number of hydroxylamine groups is 1. The van der Waals surface area contributed by atoms with Crippen LogP contribution in [0.2, 0.25) is 0 Å². The van der Waals surface area contributed by atoms with E-state index in [1.165, 1.54) is 18.4 Å². The van der Waals surface area contributed by atoms with E-state index < -0.39 is 0 Å². The number of rotatable bonds is 5. The second kappa shape index (κ2) is 4.64. The van der Waals surface area contributed by atoms with Crippen LogP contribution in [0.3, 0.4) is 0 Å². The normalized spacial score (nSPS) is 15.3. The zero-order chi connectivity index (χ0) is 10.7. The predicted molar refractivity (Wildman–Crippen MR) is 58.7 cm³/mol. The first-order valence-corrected chi connectivity index (χ1v) is 5.31. The Morgan fingerprint density at radius 2 is 2.20 bits per heavy atom. The van der Waals surface area contributed by atoms with Gasteiger partial charge >= 0.3 is 0 Å². The predicted octanol–water partition coefficient (Wildman–Crippen LogP) is 2.19. The van der Waals surface area contributed by atoms with E-state index in [-0.39, 0.29) is 0 Å². The van der Waals surface area contributed by atoms with E-state index in [2.05, 4.69) is 24.5 Å². The molecule has 15 heavy (non-hydrogen) atoms. The Morgan fingerprint density at radius 1 is 1.40 bits per heavy atom. The van der Waals surface area contributed by atoms with Gasteiger partial charge in [0.2, 0.25) is 0 Å². The minimum atomic E-state index is 0.439. The summed E-state index contributed by atoms with van der Waals surface area (Å²) in [6.07, 6.45) is 2.81. The topological polar surface area (TPSA) is 30.5 Å². The summed E-state index contributed by atoms with van der Waals surface area (Å²) < 4.78 is 5.81. The lowest BCUT2D eigenvalue weighted by atomic mass is 10.1. The van der Waals surface area contributed by atoms with Crippen LogP contribution in [0.25, 0.3) is 0 Å². The Hall–Kier alpha value is -1.06. The monoisotopic (exact) mass is 207 g/mol. The van der Waals surface area contributed by atoms with Crippen LogP contribution in [0.4, 0.5) is 0 Å². The highest BCUT2D eigenvalue weighted by Crippen LogP contribution is 2.29. The van der Waals surface area contributed by atoms with Crippen molar-refractivity contribution in [1.82, 2.24) is 5.48 Å². The van der Waals surface area contributed by atoms with Crippen molar-refractivity contribution in [1.29, 1.82) is 0 Å². The van der Waals surface area contributed by atoms with Gasteiger partial charge in [-0.15, -0.1) is 0 Å². The molecule has 0 amide bonds. The summed E-state index contributed by atoms with van der Waals surface area (Å²) in [7, 11) is 1.62. The molecule has 1 fully saturated rings. The summed E-state index contributed by atoms with van der Waals surface area (Å²) in [5.41, 5.74) is 5.24. The third-order valence-electron chi connectivity index (χ3n) is 2.44. The number of benzene rings is 1. The number of aryl methyl sites for hydroxylation is 1. The van der Waals surface area contributed by atoms with Crippen molar-refractivity contribution in [3.8, 4) is 5.75 Å². The average molecular weight is 207 g/mol. The molecule has 0 saturated heterocycles. The fraction of sp³-hybridized carbons (Fsp3) is 0.500. The van der Waals surface area contributed by atoms with Gasteiger partial charge in [0.25, 0.3) is 0 Å². The summed E-state index contributed by atoms with van der Waals surface area (Å²) in [4.78, 5) is 4.86. The highest BCUT2D eigenvalue weighted by molar-refractivity contribution is 5.37. The lowest BCUT2D eigenvalue weighted by Crippen LogP contribution is -2.12. The molecule has 1 saturated carbocycles. The van der Waals surface area contributed by atoms with Crippen LogP contribution in [0.1, 0.15) is 24.0 Å². The van der Waals surface area contributed by atoms with Crippen molar-refractivity contribution in [2.24, 2.45) is 0 Å². The maximum atomic E-state index is 5.81. The molecule has 0 bridgehead atoms. The first-order valence-electron chi connectivity index (χ1n) is 5.31. The molecule has 0 heterocycles. The fourth-order valence-electron chi connectivity index (χ4n) is 1.48. The van der Waals surface area contributed by atoms with Gasteiger partial charge in [-0.05, 0) is 25.8 Å². The third kappa shape index (κ3) is 2.94. The van der Waals surface area contributed by atoms with Crippen molar-refractivity contribution in [3.63, 3.8) is 0 Å². The Bertz CT molecular complexity index is 334. The highest BCUT2D eigenvalue weighted by Gasteiger charge is 2.24. The molecule has 1 aliphatic rings. The first-order chi connectivity index (χ1) is 7.29. The fourth-order valence-corrected chi connectivity index (χ4v) is 1.48. The molecule has 3 nitrogen and oxygen atoms in total. The molecule has 0 atom stereocenters. The Balaban J connectivity index is 2.10. The molecule has 0 spiro atoms. The summed E-state index contributed by atoms with van der Waals surface area (Å²) >= 11 is 0. The summed E-state index contributed by atoms with van der Waals surface area (Å²) in [5, 5.41) is 0. The SMILES string of the molecule is CONCc1cc(C)ccc1OC1CC1. The van der Waals surface area contributed by atoms with Gasteiger partial charge in [-0.1, -0.05) is 17.7 Å². The Labute approximate surface area is 90.3 Å². The van der Waals surface area contributed by atoms with Gasteiger partial charge < -0.3 is 9.57 Å². The lowest BCUT2D eigenvalue weighted by Gasteiger charge is -2.11. The Kier molecular flexibility index (Phi) is 3.23. The molecule has 0 aliphatic heterocycles. The van der Waals surface area contributed by atoms with Crippen molar-refractivity contribution in [2.45, 2.75) is 32.4 Å². The third-order valence-corrected chi connectivity index (χ3v) is 2.44. The smallest absolute Gasteiger partial charge is 0.124 e. The van der Waals surface area contributed by atoms with E-state index in [4.69, 9.17) is 9.57 Å². The van der Waals surface area contributed by atoms with Gasteiger partial charge in [-0.3, -0.25) is 0 Å². The van der Waals surface area contributed by atoms with Crippen molar-refractivity contribution in [3.05, 3.63) is 29.3 Å². The van der Waals surface area contributed by atoms with E-state index in [1.54, 1.807) is 7.11 Å². The van der Waals surface area contributed by atoms with E-state index in [1.807, 2.05) is 6.07 Å². The molecule has 0 unspecified atom stereocenters. The van der Waals surface area contributed by atoms with Crippen molar-refractivity contribution < 1.29 is 9.57 Å². The summed E-state index contributed by atoms with van der Waals surface area (Å²) in [5.74, 6) is 0.979. The van der Waals surface area contributed by atoms with Gasteiger partial charge in [-0.25, -0.2) is 0 Å². The van der Waals surface area contributed by atoms with Gasteiger partial charge in [0.05, 0.1) is 13.2 Å². The standard InChI is InChI=1S/C12H17NO2/c1-9-3-6-12(15-11-4-5-11)10(7-9)8-13-14-2/h3,6-7,11,13H,4-5,8H2,1-2H3. The van der Waals surface area contributed by atoms with Gasteiger partial charge in [0.15, 0.2) is 0 Å². The second-order valence-electron chi connectivity index (χ2n) is 3.95. The molecule has 82 valence electrons. The number of hydrogen-bond donors (Lipinski definition) is 1. The van der Waals surface area contributed by atoms with Gasteiger partial charge in [-0.2, -0.15) is 5.48 Å². The van der Waals surface area contributed by atoms with Crippen LogP contribution in [0, 0.1) is 6.92 Å². The summed E-state index contributed by atoms with van der Waals surface area (Å²) in [6.45, 7) is 2.76. The van der Waals surface area contributed by atoms with Crippen LogP contribution in [0.15, 0.2) is 18.2 Å². The van der Waals surface area contributed by atoms with Crippen molar-refractivity contribution in [2.75, 3.05) is 7.11 Å². The van der Waals surface area contributed by atoms with E-state index in [0.717, 1.165) is 11.3 Å². The molecule has 1 N–H and O–H groups in total. The summed E-state index contributed by atoms with van der Waals surface area (Å²) in [6, 6.07) is 6.25. The lowest BCUT2D eigenvalue weighted by molar-refractivity contribution is 0.0858. The molecular formula is C12H17NO2. The number of ether oxygens (including phenoxy) is 1. The van der Waals surface area contributed by atoms with Gasteiger partial charge in [0.1, 0.15) is 5.75 Å². The van der Waals surface area contributed by atoms with Crippen LogP contribution in [0.5, 0.6) is 5.75 Å². The van der Waals surface area contributed by atoms with Crippen LogP contribution in [-0.4, -0.2) is 13.2 Å². The van der Waals surface area contributed by atoms with Crippen LogP contribution < -0.4 is 10.2 Å². The van der Waals surface area contributed by atoms with Gasteiger partial charge in [0, 0.05) is 12.1 Å². The minimum absolute atomic E-state index is 0.439. The molecule has 1 aromatic carbocycles. The first kappa shape index (κ1) is 10.5. The molecule has 0 radical (unpaired) electrons. The van der Waals surface area contributed by atoms with Crippen LogP contribution in [-0.2, 0) is 11.4 Å². The van der Waals surface area contributed by atoms with Crippen molar-refractivity contribution >= 4 is 0 Å². The second-order valence-corrected chi connectivity index (χ2v) is 3.95. The van der Waals surface area contributed by atoms with E-state index in [9.17, 15) is 0 Å². The zero-order valence-electron chi connectivity index (χ0n) is 9.25. The average Bonchev–Trinajstić information content (AvgIpc) is 3.02. The number of hydrogen-bond acceptors (Lipinski definition) is 3. The maximum Gasteiger partial charge on any atom is 0.124 e. The molecular weight excluding hydrogens is 190 g/mol. The maximum absolute atomic E-state index is 5.81. The molecule has 3 heteroatoms. The quantitative estimate of drug-likeness (QED) is 0.751.